The van der Waals surface area contributed by atoms with E-state index in [9.17, 15) is 22.9 Å². The molecule has 190 valence electrons. The van der Waals surface area contributed by atoms with E-state index in [0.717, 1.165) is 6.07 Å². The van der Waals surface area contributed by atoms with Gasteiger partial charge in [-0.05, 0) is 48.2 Å². The predicted molar refractivity (Wildman–Crippen MR) is 142 cm³/mol. The Morgan fingerprint density at radius 1 is 1.03 bits per heavy atom. The number of nitrogens with one attached hydrogen (secondary N) is 1. The summed E-state index contributed by atoms with van der Waals surface area (Å²) in [5.74, 6) is -0.678. The minimum atomic E-state index is -4.48. The van der Waals surface area contributed by atoms with Gasteiger partial charge >= 0.3 is 0 Å². The van der Waals surface area contributed by atoms with Crippen LogP contribution in [0.3, 0.4) is 0 Å². The first-order valence-electron chi connectivity index (χ1n) is 10.6. The van der Waals surface area contributed by atoms with E-state index in [4.69, 9.17) is 27.9 Å². The molecule has 0 fully saturated rings. The molecular formula is C25H19Cl2N3O6S. The van der Waals surface area contributed by atoms with Crippen LogP contribution in [-0.2, 0) is 10.1 Å². The first-order chi connectivity index (χ1) is 17.5. The number of hydrogen-bond acceptors (Lipinski definition) is 7. The zero-order chi connectivity index (χ0) is 26.9. The molecule has 12 heteroatoms. The maximum Gasteiger partial charge on any atom is 0.294 e. The zero-order valence-electron chi connectivity index (χ0n) is 19.4. The lowest BCUT2D eigenvalue weighted by Gasteiger charge is -2.12. The van der Waals surface area contributed by atoms with Crippen LogP contribution in [0.4, 0.5) is 17.1 Å². The van der Waals surface area contributed by atoms with E-state index in [1.54, 1.807) is 42.5 Å². The summed E-state index contributed by atoms with van der Waals surface area (Å²) in [4.78, 5) is 12.7. The fourth-order valence-electron chi connectivity index (χ4n) is 3.64. The topological polar surface area (TPSA) is 138 Å². The van der Waals surface area contributed by atoms with Crippen molar-refractivity contribution in [3.63, 3.8) is 0 Å². The van der Waals surface area contributed by atoms with Crippen LogP contribution in [0.2, 0.25) is 10.0 Å². The first kappa shape index (κ1) is 26.4. The molecule has 0 aromatic heterocycles. The van der Waals surface area contributed by atoms with Gasteiger partial charge in [0.1, 0.15) is 17.1 Å². The number of amides is 1. The molecular weight excluding hydrogens is 541 g/mol. The minimum Gasteiger partial charge on any atom is -0.505 e. The van der Waals surface area contributed by atoms with Gasteiger partial charge in [-0.1, -0.05) is 47.5 Å². The Balaban J connectivity index is 1.77. The molecule has 0 bridgehead atoms. The largest absolute Gasteiger partial charge is 0.505 e. The van der Waals surface area contributed by atoms with Crippen molar-refractivity contribution in [2.24, 2.45) is 10.2 Å². The lowest BCUT2D eigenvalue weighted by atomic mass is 10.0. The molecule has 3 N–H and O–H groups in total. The summed E-state index contributed by atoms with van der Waals surface area (Å²) in [7, 11) is -3.03. The third-order valence-electron chi connectivity index (χ3n) is 5.50. The highest BCUT2D eigenvalue weighted by atomic mass is 35.5. The highest BCUT2D eigenvalue weighted by molar-refractivity contribution is 7.85. The average molecular weight is 560 g/mol. The van der Waals surface area contributed by atoms with Gasteiger partial charge in [0, 0.05) is 17.1 Å². The molecule has 0 heterocycles. The summed E-state index contributed by atoms with van der Waals surface area (Å²) < 4.78 is 37.6. The molecule has 0 spiro atoms. The number of halogens is 2. The number of ether oxygens (including phenoxy) is 1. The average Bonchev–Trinajstić information content (AvgIpc) is 2.85. The number of hydrogen-bond donors (Lipinski definition) is 3. The Bertz CT molecular complexity index is 1690. The smallest absolute Gasteiger partial charge is 0.294 e. The van der Waals surface area contributed by atoms with Crippen LogP contribution in [0, 0.1) is 6.92 Å². The van der Waals surface area contributed by atoms with E-state index in [2.05, 4.69) is 15.5 Å². The number of nitrogens with zero attached hydrogens (tertiary/aromatic N) is 2. The Morgan fingerprint density at radius 3 is 2.46 bits per heavy atom. The molecule has 1 amide bonds. The second-order valence-electron chi connectivity index (χ2n) is 7.84. The Morgan fingerprint density at radius 2 is 1.76 bits per heavy atom. The summed E-state index contributed by atoms with van der Waals surface area (Å²) in [6, 6.07) is 15.6. The Labute approximate surface area is 222 Å². The van der Waals surface area contributed by atoms with Crippen molar-refractivity contribution >= 4 is 67.1 Å². The molecule has 37 heavy (non-hydrogen) atoms. The highest BCUT2D eigenvalue weighted by Gasteiger charge is 2.20. The minimum absolute atomic E-state index is 0.00418. The van der Waals surface area contributed by atoms with Gasteiger partial charge in [-0.3, -0.25) is 9.35 Å². The summed E-state index contributed by atoms with van der Waals surface area (Å²) in [5.41, 5.74) is 0.512. The summed E-state index contributed by atoms with van der Waals surface area (Å²) in [6.45, 7) is 1.41. The highest BCUT2D eigenvalue weighted by Crippen LogP contribution is 2.41. The van der Waals surface area contributed by atoms with Gasteiger partial charge in [0.25, 0.3) is 16.0 Å². The molecule has 0 aliphatic heterocycles. The number of anilines is 1. The van der Waals surface area contributed by atoms with Gasteiger partial charge in [-0.25, -0.2) is 0 Å². The number of benzene rings is 4. The van der Waals surface area contributed by atoms with E-state index in [-0.39, 0.29) is 32.4 Å². The molecule has 4 aromatic rings. The molecule has 4 aromatic carbocycles. The van der Waals surface area contributed by atoms with E-state index >= 15 is 0 Å². The van der Waals surface area contributed by atoms with Crippen LogP contribution < -0.4 is 10.1 Å². The number of aromatic hydroxyl groups is 1. The molecule has 0 saturated carbocycles. The van der Waals surface area contributed by atoms with E-state index < -0.39 is 21.8 Å². The molecule has 9 nitrogen and oxygen atoms in total. The summed E-state index contributed by atoms with van der Waals surface area (Å²) in [6.07, 6.45) is 0. The Kier molecular flexibility index (Phi) is 7.37. The van der Waals surface area contributed by atoms with Crippen LogP contribution in [0.25, 0.3) is 10.8 Å². The van der Waals surface area contributed by atoms with Crippen molar-refractivity contribution in [1.82, 2.24) is 0 Å². The van der Waals surface area contributed by atoms with Gasteiger partial charge in [-0.2, -0.15) is 8.42 Å². The standard InChI is InChI=1S/C25H19Cl2N3O6S/c1-13-21(37(33,34)35)10-9-19(22(13)27)29-30-23-16-6-4-3-5-14(16)11-17(24(23)31)25(32)28-15-7-8-18(26)20(12-15)36-2/h3-12,31H,1-2H3,(H,28,32)(H,33,34,35). The van der Waals surface area contributed by atoms with Crippen LogP contribution in [0.15, 0.2) is 75.8 Å². The monoisotopic (exact) mass is 559 g/mol. The normalized spacial score (nSPS) is 11.7. The second-order valence-corrected chi connectivity index (χ2v) is 10.0. The lowest BCUT2D eigenvalue weighted by molar-refractivity contribution is 0.102. The van der Waals surface area contributed by atoms with Crippen molar-refractivity contribution in [3.8, 4) is 11.5 Å². The number of azo groups is 1. The van der Waals surface area contributed by atoms with Gasteiger partial charge in [0.15, 0.2) is 5.75 Å². The van der Waals surface area contributed by atoms with Crippen molar-refractivity contribution in [3.05, 3.63) is 81.8 Å². The molecule has 4 rings (SSSR count). The number of rotatable bonds is 6. The van der Waals surface area contributed by atoms with E-state index in [1.165, 1.54) is 26.2 Å². The zero-order valence-corrected chi connectivity index (χ0v) is 21.7. The SMILES string of the molecule is COc1cc(NC(=O)c2cc3ccccc3c(N=Nc3ccc(S(=O)(=O)O)c(C)c3Cl)c2O)ccc1Cl. The molecule has 0 saturated heterocycles. The molecule has 0 aliphatic rings. The fourth-order valence-corrected chi connectivity index (χ4v) is 4.82. The van der Waals surface area contributed by atoms with E-state index in [1.807, 2.05) is 0 Å². The van der Waals surface area contributed by atoms with Crippen molar-refractivity contribution < 1.29 is 27.6 Å². The number of phenolic OH excluding ortho intramolecular Hbond substituents is 1. The van der Waals surface area contributed by atoms with Crippen molar-refractivity contribution in [1.29, 1.82) is 0 Å². The number of phenols is 1. The third-order valence-corrected chi connectivity index (χ3v) is 7.29. The van der Waals surface area contributed by atoms with Gasteiger partial charge < -0.3 is 15.2 Å². The molecule has 0 unspecified atom stereocenters. The van der Waals surface area contributed by atoms with Crippen LogP contribution in [0.1, 0.15) is 15.9 Å². The predicted octanol–water partition coefficient (Wildman–Crippen LogP) is 7.08. The number of methoxy groups -OCH3 is 1. The third kappa shape index (κ3) is 5.37. The van der Waals surface area contributed by atoms with Crippen LogP contribution >= 0.6 is 23.2 Å². The van der Waals surface area contributed by atoms with Crippen LogP contribution in [-0.4, -0.2) is 31.1 Å². The fraction of sp³-hybridized carbons (Fsp3) is 0.0800. The van der Waals surface area contributed by atoms with Gasteiger partial charge in [0.2, 0.25) is 0 Å². The number of carbonyl (C=O) groups is 1. The summed E-state index contributed by atoms with van der Waals surface area (Å²) in [5, 5.41) is 23.4. The van der Waals surface area contributed by atoms with E-state index in [0.29, 0.717) is 27.2 Å². The summed E-state index contributed by atoms with van der Waals surface area (Å²) >= 11 is 12.3. The number of carbonyl (C=O) groups excluding carboxylic acids is 1. The lowest BCUT2D eigenvalue weighted by Crippen LogP contribution is -2.12. The molecule has 0 atom stereocenters. The van der Waals surface area contributed by atoms with Crippen molar-refractivity contribution in [2.45, 2.75) is 11.8 Å². The van der Waals surface area contributed by atoms with Crippen molar-refractivity contribution in [2.75, 3.05) is 12.4 Å². The number of fused-ring (bicyclic) bond motifs is 1. The first-order valence-corrected chi connectivity index (χ1v) is 12.8. The molecule has 0 aliphatic carbocycles. The van der Waals surface area contributed by atoms with Gasteiger partial charge in [0.05, 0.1) is 27.6 Å². The van der Waals surface area contributed by atoms with Gasteiger partial charge in [-0.15, -0.1) is 10.2 Å². The molecule has 0 radical (unpaired) electrons. The maximum atomic E-state index is 13.1. The Hall–Kier alpha value is -3.70. The quantitative estimate of drug-likeness (QED) is 0.170. The maximum absolute atomic E-state index is 13.1. The van der Waals surface area contributed by atoms with Crippen LogP contribution in [0.5, 0.6) is 11.5 Å². The second kappa shape index (κ2) is 10.3.